The molecular formula is C13H19N3O2S. The predicted octanol–water partition coefficient (Wildman–Crippen LogP) is 1.19. The first-order chi connectivity index (χ1) is 9.04. The monoisotopic (exact) mass is 281 g/mol. The second kappa shape index (κ2) is 7.81. The lowest BCUT2D eigenvalue weighted by molar-refractivity contribution is -0.113. The number of amides is 2. The summed E-state index contributed by atoms with van der Waals surface area (Å²) in [6, 6.07) is 6.78. The number of hydrogen-bond acceptors (Lipinski definition) is 4. The third kappa shape index (κ3) is 5.32. The molecule has 0 radical (unpaired) electrons. The van der Waals surface area contributed by atoms with E-state index >= 15 is 0 Å². The van der Waals surface area contributed by atoms with Gasteiger partial charge in [0.15, 0.2) is 0 Å². The Bertz CT molecular complexity index is 451. The van der Waals surface area contributed by atoms with Crippen LogP contribution in [0.4, 0.5) is 5.69 Å². The van der Waals surface area contributed by atoms with Crippen molar-refractivity contribution in [1.82, 2.24) is 0 Å². The highest BCUT2D eigenvalue weighted by atomic mass is 32.2. The topological polar surface area (TPSA) is 98.2 Å². The number of carbonyl (C=O) groups is 2. The fourth-order valence-corrected chi connectivity index (χ4v) is 2.33. The van der Waals surface area contributed by atoms with E-state index in [9.17, 15) is 9.59 Å². The van der Waals surface area contributed by atoms with Crippen molar-refractivity contribution >= 4 is 29.3 Å². The highest BCUT2D eigenvalue weighted by molar-refractivity contribution is 8.00. The molecule has 6 heteroatoms. The van der Waals surface area contributed by atoms with E-state index in [2.05, 4.69) is 5.32 Å². The average molecular weight is 281 g/mol. The molecule has 0 heterocycles. The van der Waals surface area contributed by atoms with Gasteiger partial charge in [-0.15, -0.1) is 0 Å². The number of carbonyl (C=O) groups excluding carboxylic acids is 2. The molecule has 2 amide bonds. The SMILES string of the molecule is CCC(N)CSCC(=O)Nc1ccccc1C(N)=O. The van der Waals surface area contributed by atoms with Crippen LogP contribution in [0.15, 0.2) is 24.3 Å². The van der Waals surface area contributed by atoms with Gasteiger partial charge < -0.3 is 16.8 Å². The lowest BCUT2D eigenvalue weighted by Gasteiger charge is -2.10. The van der Waals surface area contributed by atoms with Crippen molar-refractivity contribution in [2.24, 2.45) is 11.5 Å². The van der Waals surface area contributed by atoms with E-state index in [1.165, 1.54) is 11.8 Å². The number of anilines is 1. The van der Waals surface area contributed by atoms with Crippen LogP contribution in [0.25, 0.3) is 0 Å². The highest BCUT2D eigenvalue weighted by Crippen LogP contribution is 2.15. The van der Waals surface area contributed by atoms with Gasteiger partial charge in [-0.3, -0.25) is 9.59 Å². The summed E-state index contributed by atoms with van der Waals surface area (Å²) in [4.78, 5) is 22.9. The molecule has 19 heavy (non-hydrogen) atoms. The quantitative estimate of drug-likeness (QED) is 0.699. The van der Waals surface area contributed by atoms with Gasteiger partial charge in [0, 0.05) is 11.8 Å². The fourth-order valence-electron chi connectivity index (χ4n) is 1.41. The molecule has 1 unspecified atom stereocenters. The molecule has 0 aromatic heterocycles. The van der Waals surface area contributed by atoms with Gasteiger partial charge in [-0.05, 0) is 18.6 Å². The number of nitrogens with two attached hydrogens (primary N) is 2. The molecule has 0 bridgehead atoms. The molecule has 0 aliphatic rings. The first kappa shape index (κ1) is 15.5. The molecule has 104 valence electrons. The first-order valence-corrected chi connectivity index (χ1v) is 7.22. The van der Waals surface area contributed by atoms with Gasteiger partial charge in [0.25, 0.3) is 5.91 Å². The molecule has 1 aromatic rings. The summed E-state index contributed by atoms with van der Waals surface area (Å²) in [6.45, 7) is 2.01. The number of primary amides is 1. The molecule has 0 aliphatic carbocycles. The molecule has 0 saturated heterocycles. The second-order valence-corrected chi connectivity index (χ2v) is 5.17. The van der Waals surface area contributed by atoms with E-state index in [0.29, 0.717) is 17.0 Å². The van der Waals surface area contributed by atoms with Crippen molar-refractivity contribution in [1.29, 1.82) is 0 Å². The van der Waals surface area contributed by atoms with Crippen molar-refractivity contribution in [2.45, 2.75) is 19.4 Å². The lowest BCUT2D eigenvalue weighted by atomic mass is 10.1. The van der Waals surface area contributed by atoms with E-state index in [-0.39, 0.29) is 11.9 Å². The summed E-state index contributed by atoms with van der Waals surface area (Å²) in [7, 11) is 0. The van der Waals surface area contributed by atoms with Crippen LogP contribution in [0.1, 0.15) is 23.7 Å². The standard InChI is InChI=1S/C13H19N3O2S/c1-2-9(14)7-19-8-12(17)16-11-6-4-3-5-10(11)13(15)18/h3-6,9H,2,7-8,14H2,1H3,(H2,15,18)(H,16,17). The number of para-hydroxylation sites is 1. The molecule has 0 spiro atoms. The maximum atomic E-state index is 11.7. The second-order valence-electron chi connectivity index (χ2n) is 4.14. The molecule has 0 fully saturated rings. The first-order valence-electron chi connectivity index (χ1n) is 6.06. The van der Waals surface area contributed by atoms with Gasteiger partial charge in [0.1, 0.15) is 0 Å². The predicted molar refractivity (Wildman–Crippen MR) is 79.2 cm³/mol. The molecule has 5 N–H and O–H groups in total. The van der Waals surface area contributed by atoms with Crippen molar-refractivity contribution < 1.29 is 9.59 Å². The van der Waals surface area contributed by atoms with Gasteiger partial charge in [0.05, 0.1) is 17.0 Å². The van der Waals surface area contributed by atoms with E-state index in [0.717, 1.165) is 12.2 Å². The molecule has 0 saturated carbocycles. The minimum Gasteiger partial charge on any atom is -0.366 e. The van der Waals surface area contributed by atoms with Crippen LogP contribution in [-0.2, 0) is 4.79 Å². The minimum absolute atomic E-state index is 0.107. The molecule has 5 nitrogen and oxygen atoms in total. The lowest BCUT2D eigenvalue weighted by Crippen LogP contribution is -2.24. The summed E-state index contributed by atoms with van der Waals surface area (Å²) in [5.74, 6) is 0.320. The zero-order valence-corrected chi connectivity index (χ0v) is 11.7. The zero-order chi connectivity index (χ0) is 14.3. The van der Waals surface area contributed by atoms with Gasteiger partial charge in [-0.1, -0.05) is 19.1 Å². The van der Waals surface area contributed by atoms with Gasteiger partial charge >= 0.3 is 0 Å². The van der Waals surface area contributed by atoms with Crippen molar-refractivity contribution in [3.8, 4) is 0 Å². The van der Waals surface area contributed by atoms with Gasteiger partial charge in [0.2, 0.25) is 5.91 Å². The Balaban J connectivity index is 2.51. The van der Waals surface area contributed by atoms with E-state index in [4.69, 9.17) is 11.5 Å². The number of rotatable bonds is 7. The number of nitrogens with one attached hydrogen (secondary N) is 1. The van der Waals surface area contributed by atoms with Gasteiger partial charge in [-0.25, -0.2) is 0 Å². The number of hydrogen-bond donors (Lipinski definition) is 3. The van der Waals surface area contributed by atoms with Crippen LogP contribution in [0.3, 0.4) is 0 Å². The Labute approximate surface area is 117 Å². The van der Waals surface area contributed by atoms with E-state index in [1.807, 2.05) is 6.92 Å². The number of thioether (sulfide) groups is 1. The third-order valence-electron chi connectivity index (χ3n) is 2.56. The van der Waals surface area contributed by atoms with E-state index in [1.54, 1.807) is 24.3 Å². The van der Waals surface area contributed by atoms with Crippen LogP contribution >= 0.6 is 11.8 Å². The van der Waals surface area contributed by atoms with Crippen LogP contribution < -0.4 is 16.8 Å². The maximum Gasteiger partial charge on any atom is 0.250 e. The summed E-state index contributed by atoms with van der Waals surface area (Å²) >= 11 is 1.47. The van der Waals surface area contributed by atoms with Crippen LogP contribution in [0.5, 0.6) is 0 Å². The van der Waals surface area contributed by atoms with E-state index < -0.39 is 5.91 Å². The Morgan fingerprint density at radius 2 is 2.05 bits per heavy atom. The average Bonchev–Trinajstić information content (AvgIpc) is 2.38. The van der Waals surface area contributed by atoms with Crippen LogP contribution in [0.2, 0.25) is 0 Å². The smallest absolute Gasteiger partial charge is 0.250 e. The zero-order valence-electron chi connectivity index (χ0n) is 10.9. The Morgan fingerprint density at radius 1 is 1.37 bits per heavy atom. The molecule has 0 aliphatic heterocycles. The highest BCUT2D eigenvalue weighted by Gasteiger charge is 2.10. The van der Waals surface area contributed by atoms with Crippen LogP contribution in [0, 0.1) is 0 Å². The summed E-state index contributed by atoms with van der Waals surface area (Å²) < 4.78 is 0. The maximum absolute atomic E-state index is 11.7. The van der Waals surface area contributed by atoms with Crippen molar-refractivity contribution in [2.75, 3.05) is 16.8 Å². The number of benzene rings is 1. The molecule has 1 aromatic carbocycles. The Morgan fingerprint density at radius 3 is 2.68 bits per heavy atom. The van der Waals surface area contributed by atoms with Crippen molar-refractivity contribution in [3.63, 3.8) is 0 Å². The van der Waals surface area contributed by atoms with Crippen LogP contribution in [-0.4, -0.2) is 29.4 Å². The minimum atomic E-state index is -0.559. The fraction of sp³-hybridized carbons (Fsp3) is 0.385. The summed E-state index contributed by atoms with van der Waals surface area (Å²) in [6.07, 6.45) is 0.888. The summed E-state index contributed by atoms with van der Waals surface area (Å²) in [5, 5.41) is 2.68. The largest absolute Gasteiger partial charge is 0.366 e. The molecule has 1 rings (SSSR count). The molecule has 1 atom stereocenters. The Kier molecular flexibility index (Phi) is 6.38. The normalized spacial score (nSPS) is 11.9. The Hall–Kier alpha value is -1.53. The molecular weight excluding hydrogens is 262 g/mol. The third-order valence-corrected chi connectivity index (χ3v) is 3.69. The van der Waals surface area contributed by atoms with Gasteiger partial charge in [-0.2, -0.15) is 11.8 Å². The summed E-state index contributed by atoms with van der Waals surface area (Å²) in [5.41, 5.74) is 11.8. The van der Waals surface area contributed by atoms with Crippen molar-refractivity contribution in [3.05, 3.63) is 29.8 Å².